The van der Waals surface area contributed by atoms with Crippen LogP contribution in [0.4, 0.5) is 19.3 Å². The highest BCUT2D eigenvalue weighted by molar-refractivity contribution is 6.30. The van der Waals surface area contributed by atoms with Crippen LogP contribution in [0.25, 0.3) is 0 Å². The molecule has 1 N–H and O–H groups in total. The fraction of sp³-hybridized carbons (Fsp3) is 0.350. The number of nitrogens with one attached hydrogen (secondary N) is 1. The van der Waals surface area contributed by atoms with Crippen LogP contribution in [0, 0.1) is 17.0 Å². The molecule has 0 spiro atoms. The van der Waals surface area contributed by atoms with E-state index in [1.165, 1.54) is 6.07 Å². The van der Waals surface area contributed by atoms with E-state index in [-0.39, 0.29) is 11.1 Å². The Bertz CT molecular complexity index is 757. The second-order valence-corrected chi connectivity index (χ2v) is 7.85. The van der Waals surface area contributed by atoms with Crippen LogP contribution in [0.5, 0.6) is 0 Å². The van der Waals surface area contributed by atoms with Crippen LogP contribution in [0.3, 0.4) is 0 Å². The molecular weight excluding hydrogens is 358 g/mol. The highest BCUT2D eigenvalue weighted by Crippen LogP contribution is 2.21. The van der Waals surface area contributed by atoms with Crippen molar-refractivity contribution in [3.05, 3.63) is 64.7 Å². The number of rotatable bonds is 5. The first-order valence-corrected chi connectivity index (χ1v) is 8.77. The SMILES string of the molecule is CC(C)(C)CCN(Cc1ccc(Cl)cc1)C(=O)Nc1ccc(F)cc1F. The van der Waals surface area contributed by atoms with Gasteiger partial charge in [-0.3, -0.25) is 0 Å². The first-order valence-electron chi connectivity index (χ1n) is 8.39. The molecule has 2 amide bonds. The van der Waals surface area contributed by atoms with E-state index < -0.39 is 17.7 Å². The van der Waals surface area contributed by atoms with E-state index in [9.17, 15) is 13.6 Å². The number of carbonyl (C=O) groups excluding carboxylic acids is 1. The molecule has 0 unspecified atom stereocenters. The Kier molecular flexibility index (Phi) is 6.59. The lowest BCUT2D eigenvalue weighted by atomic mass is 9.92. The van der Waals surface area contributed by atoms with Gasteiger partial charge in [-0.1, -0.05) is 44.5 Å². The van der Waals surface area contributed by atoms with Crippen molar-refractivity contribution in [2.24, 2.45) is 5.41 Å². The number of nitrogens with zero attached hydrogens (tertiary/aromatic N) is 1. The molecule has 140 valence electrons. The summed E-state index contributed by atoms with van der Waals surface area (Å²) in [6.45, 7) is 7.13. The molecule has 0 saturated heterocycles. The number of hydrogen-bond donors (Lipinski definition) is 1. The van der Waals surface area contributed by atoms with E-state index in [4.69, 9.17) is 11.6 Å². The average molecular weight is 381 g/mol. The molecule has 0 aliphatic rings. The van der Waals surface area contributed by atoms with Crippen LogP contribution in [0.15, 0.2) is 42.5 Å². The van der Waals surface area contributed by atoms with E-state index in [1.54, 1.807) is 17.0 Å². The molecule has 0 fully saturated rings. The number of benzene rings is 2. The predicted molar refractivity (Wildman–Crippen MR) is 101 cm³/mol. The summed E-state index contributed by atoms with van der Waals surface area (Å²) in [6, 6.07) is 9.84. The maximum Gasteiger partial charge on any atom is 0.322 e. The number of amides is 2. The summed E-state index contributed by atoms with van der Waals surface area (Å²) in [7, 11) is 0. The monoisotopic (exact) mass is 380 g/mol. The molecule has 2 aromatic carbocycles. The van der Waals surface area contributed by atoms with Gasteiger partial charge in [-0.15, -0.1) is 0 Å². The smallest absolute Gasteiger partial charge is 0.320 e. The first-order chi connectivity index (χ1) is 12.1. The molecule has 2 aromatic rings. The molecule has 0 saturated carbocycles. The first kappa shape index (κ1) is 20.2. The number of carbonyl (C=O) groups is 1. The van der Waals surface area contributed by atoms with Crippen molar-refractivity contribution in [2.75, 3.05) is 11.9 Å². The summed E-state index contributed by atoms with van der Waals surface area (Å²) in [6.07, 6.45) is 0.778. The third-order valence-electron chi connectivity index (χ3n) is 3.88. The maximum absolute atomic E-state index is 13.8. The van der Waals surface area contributed by atoms with Crippen LogP contribution in [0.1, 0.15) is 32.8 Å². The highest BCUT2D eigenvalue weighted by atomic mass is 35.5. The van der Waals surface area contributed by atoms with E-state index >= 15 is 0 Å². The fourth-order valence-electron chi connectivity index (χ4n) is 2.32. The molecule has 6 heteroatoms. The van der Waals surface area contributed by atoms with Gasteiger partial charge in [-0.25, -0.2) is 13.6 Å². The van der Waals surface area contributed by atoms with Crippen molar-refractivity contribution in [1.29, 1.82) is 0 Å². The summed E-state index contributed by atoms with van der Waals surface area (Å²) in [4.78, 5) is 14.3. The van der Waals surface area contributed by atoms with Gasteiger partial charge in [0.25, 0.3) is 0 Å². The van der Waals surface area contributed by atoms with Crippen molar-refractivity contribution in [1.82, 2.24) is 4.90 Å². The number of anilines is 1. The van der Waals surface area contributed by atoms with Gasteiger partial charge < -0.3 is 10.2 Å². The third kappa shape index (κ3) is 6.30. The van der Waals surface area contributed by atoms with Crippen molar-refractivity contribution in [3.8, 4) is 0 Å². The van der Waals surface area contributed by atoms with Crippen molar-refractivity contribution in [3.63, 3.8) is 0 Å². The molecule has 26 heavy (non-hydrogen) atoms. The van der Waals surface area contributed by atoms with Gasteiger partial charge in [-0.2, -0.15) is 0 Å². The average Bonchev–Trinajstić information content (AvgIpc) is 2.55. The zero-order valence-corrected chi connectivity index (χ0v) is 15.9. The Hall–Kier alpha value is -2.14. The molecule has 0 aliphatic carbocycles. The second kappa shape index (κ2) is 8.49. The van der Waals surface area contributed by atoms with E-state index in [0.717, 1.165) is 24.1 Å². The van der Waals surface area contributed by atoms with Gasteiger partial charge in [0.1, 0.15) is 11.6 Å². The lowest BCUT2D eigenvalue weighted by molar-refractivity contribution is 0.198. The lowest BCUT2D eigenvalue weighted by Crippen LogP contribution is -2.36. The molecule has 0 atom stereocenters. The summed E-state index contributed by atoms with van der Waals surface area (Å²) < 4.78 is 26.9. The highest BCUT2D eigenvalue weighted by Gasteiger charge is 2.19. The van der Waals surface area contributed by atoms with Crippen molar-refractivity contribution < 1.29 is 13.6 Å². The standard InChI is InChI=1S/C20H23ClF2N2O/c1-20(2,3)10-11-25(13-14-4-6-15(21)7-5-14)19(26)24-18-9-8-16(22)12-17(18)23/h4-9,12H,10-11,13H2,1-3H3,(H,24,26). The minimum Gasteiger partial charge on any atom is -0.320 e. The van der Waals surface area contributed by atoms with Crippen molar-refractivity contribution in [2.45, 2.75) is 33.7 Å². The molecule has 0 bridgehead atoms. The summed E-state index contributed by atoms with van der Waals surface area (Å²) >= 11 is 5.90. The van der Waals surface area contributed by atoms with Crippen LogP contribution in [-0.2, 0) is 6.54 Å². The maximum atomic E-state index is 13.8. The van der Waals surface area contributed by atoms with Gasteiger partial charge in [0.2, 0.25) is 0 Å². The van der Waals surface area contributed by atoms with Crippen LogP contribution >= 0.6 is 11.6 Å². The zero-order chi connectivity index (χ0) is 19.3. The fourth-order valence-corrected chi connectivity index (χ4v) is 2.44. The Balaban J connectivity index is 2.15. The summed E-state index contributed by atoms with van der Waals surface area (Å²) in [5, 5.41) is 3.14. The molecule has 0 aromatic heterocycles. The largest absolute Gasteiger partial charge is 0.322 e. The molecule has 2 rings (SSSR count). The molecule has 0 radical (unpaired) electrons. The predicted octanol–water partition coefficient (Wildman–Crippen LogP) is 6.09. The Morgan fingerprint density at radius 1 is 1.12 bits per heavy atom. The van der Waals surface area contributed by atoms with Gasteiger partial charge in [0.05, 0.1) is 5.69 Å². The Labute approximate surface area is 158 Å². The molecular formula is C20H23ClF2N2O. The normalized spacial score (nSPS) is 11.3. The Morgan fingerprint density at radius 3 is 2.35 bits per heavy atom. The lowest BCUT2D eigenvalue weighted by Gasteiger charge is -2.27. The van der Waals surface area contributed by atoms with Gasteiger partial charge in [0.15, 0.2) is 0 Å². The zero-order valence-electron chi connectivity index (χ0n) is 15.2. The van der Waals surface area contributed by atoms with Crippen molar-refractivity contribution >= 4 is 23.3 Å². The molecule has 0 heterocycles. The minimum atomic E-state index is -0.805. The number of urea groups is 1. The van der Waals surface area contributed by atoms with Crippen LogP contribution in [-0.4, -0.2) is 17.5 Å². The summed E-state index contributed by atoms with van der Waals surface area (Å²) in [5.74, 6) is -1.49. The summed E-state index contributed by atoms with van der Waals surface area (Å²) in [5.41, 5.74) is 0.908. The van der Waals surface area contributed by atoms with Crippen LogP contribution in [0.2, 0.25) is 5.02 Å². The van der Waals surface area contributed by atoms with E-state index in [0.29, 0.717) is 18.1 Å². The van der Waals surface area contributed by atoms with Gasteiger partial charge in [-0.05, 0) is 41.7 Å². The van der Waals surface area contributed by atoms with Gasteiger partial charge in [0, 0.05) is 24.2 Å². The van der Waals surface area contributed by atoms with Gasteiger partial charge >= 0.3 is 6.03 Å². The number of hydrogen-bond acceptors (Lipinski definition) is 1. The Morgan fingerprint density at radius 2 is 1.77 bits per heavy atom. The second-order valence-electron chi connectivity index (χ2n) is 7.41. The van der Waals surface area contributed by atoms with Crippen LogP contribution < -0.4 is 5.32 Å². The number of halogens is 3. The molecule has 0 aliphatic heterocycles. The minimum absolute atomic E-state index is 0.0413. The molecule has 3 nitrogen and oxygen atoms in total. The van der Waals surface area contributed by atoms with E-state index in [2.05, 4.69) is 26.1 Å². The quantitative estimate of drug-likeness (QED) is 0.668. The topological polar surface area (TPSA) is 32.3 Å². The van der Waals surface area contributed by atoms with E-state index in [1.807, 2.05) is 12.1 Å². The third-order valence-corrected chi connectivity index (χ3v) is 4.13.